The summed E-state index contributed by atoms with van der Waals surface area (Å²) in [5, 5.41) is 14.1. The molecule has 19 heavy (non-hydrogen) atoms. The van der Waals surface area contributed by atoms with Gasteiger partial charge in [-0.05, 0) is 12.3 Å². The van der Waals surface area contributed by atoms with E-state index in [1.807, 2.05) is 13.8 Å². The highest BCUT2D eigenvalue weighted by molar-refractivity contribution is 7.89. The van der Waals surface area contributed by atoms with Crippen molar-refractivity contribution in [3.8, 4) is 0 Å². The fraction of sp³-hybridized carbons (Fsp3) is 0.636. The van der Waals surface area contributed by atoms with Crippen LogP contribution in [-0.4, -0.2) is 31.1 Å². The van der Waals surface area contributed by atoms with Crippen molar-refractivity contribution >= 4 is 15.9 Å². The summed E-state index contributed by atoms with van der Waals surface area (Å²) in [5.41, 5.74) is 0.179. The number of nitrogens with zero attached hydrogens (tertiary/aromatic N) is 1. The highest BCUT2D eigenvalue weighted by atomic mass is 32.2. The van der Waals surface area contributed by atoms with Gasteiger partial charge in [0.25, 0.3) is 5.91 Å². The van der Waals surface area contributed by atoms with Gasteiger partial charge < -0.3 is 5.32 Å². The molecule has 1 heterocycles. The van der Waals surface area contributed by atoms with Crippen LogP contribution in [0, 0.1) is 5.92 Å². The number of hydrogen-bond acceptors (Lipinski definition) is 4. The van der Waals surface area contributed by atoms with Crippen LogP contribution in [0.15, 0.2) is 4.90 Å². The molecule has 0 aliphatic carbocycles. The van der Waals surface area contributed by atoms with Gasteiger partial charge in [0.2, 0.25) is 10.0 Å². The van der Waals surface area contributed by atoms with Gasteiger partial charge in [-0.2, -0.15) is 5.10 Å². The number of aromatic amines is 1. The fourth-order valence-corrected chi connectivity index (χ4v) is 2.50. The molecule has 8 heteroatoms. The molecular weight excluding hydrogens is 268 g/mol. The van der Waals surface area contributed by atoms with E-state index in [1.165, 1.54) is 0 Å². The Bertz CT molecular complexity index is 550. The molecule has 0 aliphatic heterocycles. The second-order valence-electron chi connectivity index (χ2n) is 4.50. The third kappa shape index (κ3) is 3.77. The van der Waals surface area contributed by atoms with Crippen LogP contribution in [0.2, 0.25) is 0 Å². The van der Waals surface area contributed by atoms with E-state index in [0.29, 0.717) is 24.6 Å². The zero-order valence-corrected chi connectivity index (χ0v) is 12.2. The molecule has 0 saturated carbocycles. The lowest BCUT2D eigenvalue weighted by molar-refractivity contribution is 0.0939. The summed E-state index contributed by atoms with van der Waals surface area (Å²) < 4.78 is 23.1. The van der Waals surface area contributed by atoms with E-state index in [1.54, 1.807) is 6.92 Å². The number of H-pyrrole nitrogens is 1. The van der Waals surface area contributed by atoms with Crippen LogP contribution in [0.25, 0.3) is 0 Å². The van der Waals surface area contributed by atoms with E-state index in [0.717, 1.165) is 6.42 Å². The molecule has 0 fully saturated rings. The number of sulfonamides is 1. The van der Waals surface area contributed by atoms with Crippen LogP contribution >= 0.6 is 0 Å². The number of primary sulfonamides is 1. The van der Waals surface area contributed by atoms with Gasteiger partial charge in [0.15, 0.2) is 5.69 Å². The molecule has 1 unspecified atom stereocenters. The zero-order valence-electron chi connectivity index (χ0n) is 11.4. The second kappa shape index (κ2) is 6.16. The number of nitrogens with one attached hydrogen (secondary N) is 2. The van der Waals surface area contributed by atoms with Crippen molar-refractivity contribution in [3.05, 3.63) is 11.4 Å². The standard InChI is InChI=1S/C11H20N4O3S/c1-4-7(3)6-13-11(16)9-10(19(12,17)18)8(5-2)14-15-9/h7H,4-6H2,1-3H3,(H,13,16)(H,14,15)(H2,12,17,18). The Morgan fingerprint density at radius 3 is 2.58 bits per heavy atom. The topological polar surface area (TPSA) is 118 Å². The lowest BCUT2D eigenvalue weighted by Crippen LogP contribution is -2.30. The molecular formula is C11H20N4O3S. The van der Waals surface area contributed by atoms with E-state index >= 15 is 0 Å². The van der Waals surface area contributed by atoms with Crippen LogP contribution in [0.1, 0.15) is 43.4 Å². The lowest BCUT2D eigenvalue weighted by atomic mass is 10.1. The van der Waals surface area contributed by atoms with Crippen LogP contribution in [0.5, 0.6) is 0 Å². The van der Waals surface area contributed by atoms with Gasteiger partial charge in [-0.15, -0.1) is 0 Å². The molecule has 0 saturated heterocycles. The number of carbonyl (C=O) groups excluding carboxylic acids is 1. The van der Waals surface area contributed by atoms with Gasteiger partial charge in [-0.25, -0.2) is 13.6 Å². The molecule has 1 atom stereocenters. The molecule has 0 radical (unpaired) electrons. The smallest absolute Gasteiger partial charge is 0.273 e. The summed E-state index contributed by atoms with van der Waals surface area (Å²) in [4.78, 5) is 11.7. The Morgan fingerprint density at radius 2 is 2.11 bits per heavy atom. The Hall–Kier alpha value is -1.41. The van der Waals surface area contributed by atoms with Gasteiger partial charge >= 0.3 is 0 Å². The molecule has 1 rings (SSSR count). The number of rotatable bonds is 6. The first-order valence-corrected chi connectivity index (χ1v) is 7.74. The Kier molecular flexibility index (Phi) is 5.07. The lowest BCUT2D eigenvalue weighted by Gasteiger charge is -2.09. The van der Waals surface area contributed by atoms with Crippen molar-refractivity contribution in [1.29, 1.82) is 0 Å². The number of carbonyl (C=O) groups is 1. The van der Waals surface area contributed by atoms with E-state index in [9.17, 15) is 13.2 Å². The summed E-state index contributed by atoms with van der Waals surface area (Å²) >= 11 is 0. The third-order valence-corrected chi connectivity index (χ3v) is 3.96. The summed E-state index contributed by atoms with van der Waals surface area (Å²) in [7, 11) is -3.98. The quantitative estimate of drug-likeness (QED) is 0.702. The van der Waals surface area contributed by atoms with Gasteiger partial charge in [0.05, 0.1) is 5.69 Å². The normalized spacial score (nSPS) is 13.3. The van der Waals surface area contributed by atoms with Crippen molar-refractivity contribution in [3.63, 3.8) is 0 Å². The molecule has 0 aliphatic rings. The minimum absolute atomic E-state index is 0.164. The number of hydrogen-bond donors (Lipinski definition) is 3. The van der Waals surface area contributed by atoms with E-state index in [2.05, 4.69) is 15.5 Å². The second-order valence-corrected chi connectivity index (χ2v) is 6.00. The number of aromatic nitrogens is 2. The third-order valence-electron chi connectivity index (χ3n) is 2.95. The van der Waals surface area contributed by atoms with Crippen LogP contribution < -0.4 is 10.5 Å². The predicted octanol–water partition coefficient (Wildman–Crippen LogP) is 0.395. The molecule has 1 aromatic heterocycles. The van der Waals surface area contributed by atoms with Gasteiger partial charge in [-0.3, -0.25) is 9.89 Å². The molecule has 0 spiro atoms. The van der Waals surface area contributed by atoms with Crippen LogP contribution in [0.4, 0.5) is 0 Å². The molecule has 4 N–H and O–H groups in total. The Balaban J connectivity index is 3.01. The molecule has 1 amide bonds. The molecule has 108 valence electrons. The number of aryl methyl sites for hydroxylation is 1. The first-order valence-electron chi connectivity index (χ1n) is 6.19. The van der Waals surface area contributed by atoms with E-state index in [4.69, 9.17) is 5.14 Å². The summed E-state index contributed by atoms with van der Waals surface area (Å²) in [6, 6.07) is 0. The Morgan fingerprint density at radius 1 is 1.47 bits per heavy atom. The number of amides is 1. The summed E-state index contributed by atoms with van der Waals surface area (Å²) in [6.07, 6.45) is 1.32. The maximum absolute atomic E-state index is 11.9. The number of nitrogens with two attached hydrogens (primary N) is 1. The van der Waals surface area contributed by atoms with Crippen molar-refractivity contribution in [1.82, 2.24) is 15.5 Å². The van der Waals surface area contributed by atoms with Gasteiger partial charge in [0.1, 0.15) is 4.90 Å². The highest BCUT2D eigenvalue weighted by Gasteiger charge is 2.26. The maximum Gasteiger partial charge on any atom is 0.273 e. The van der Waals surface area contributed by atoms with Crippen LogP contribution in [-0.2, 0) is 16.4 Å². The zero-order chi connectivity index (χ0) is 14.6. The largest absolute Gasteiger partial charge is 0.350 e. The van der Waals surface area contributed by atoms with Gasteiger partial charge in [0, 0.05) is 6.54 Å². The fourth-order valence-electron chi connectivity index (χ4n) is 1.56. The molecule has 1 aromatic rings. The Labute approximate surface area is 113 Å². The molecule has 0 bridgehead atoms. The highest BCUT2D eigenvalue weighted by Crippen LogP contribution is 2.17. The van der Waals surface area contributed by atoms with Gasteiger partial charge in [-0.1, -0.05) is 27.2 Å². The minimum Gasteiger partial charge on any atom is -0.350 e. The first-order chi connectivity index (χ1) is 8.81. The van der Waals surface area contributed by atoms with Crippen LogP contribution in [0.3, 0.4) is 0 Å². The molecule has 0 aromatic carbocycles. The predicted molar refractivity (Wildman–Crippen MR) is 71.1 cm³/mol. The monoisotopic (exact) mass is 288 g/mol. The summed E-state index contributed by atoms with van der Waals surface area (Å²) in [6.45, 7) is 6.22. The summed E-state index contributed by atoms with van der Waals surface area (Å²) in [5.74, 6) is -0.216. The first kappa shape index (κ1) is 15.6. The maximum atomic E-state index is 11.9. The SMILES string of the molecule is CCc1[nH]nc(C(=O)NCC(C)CC)c1S(N)(=O)=O. The van der Waals surface area contributed by atoms with Crippen molar-refractivity contribution in [2.75, 3.05) is 6.54 Å². The van der Waals surface area contributed by atoms with Crippen molar-refractivity contribution in [2.45, 2.75) is 38.5 Å². The average Bonchev–Trinajstić information content (AvgIpc) is 2.79. The van der Waals surface area contributed by atoms with E-state index in [-0.39, 0.29) is 10.6 Å². The minimum atomic E-state index is -3.98. The van der Waals surface area contributed by atoms with Crippen molar-refractivity contribution < 1.29 is 13.2 Å². The average molecular weight is 288 g/mol. The van der Waals surface area contributed by atoms with E-state index < -0.39 is 15.9 Å². The molecule has 7 nitrogen and oxygen atoms in total. The van der Waals surface area contributed by atoms with Crippen molar-refractivity contribution in [2.24, 2.45) is 11.1 Å².